The molecule has 0 bridgehead atoms. The Bertz CT molecular complexity index is 1460. The average molecular weight is 491 g/mol. The third-order valence-electron chi connectivity index (χ3n) is 6.23. The molecule has 0 radical (unpaired) electrons. The number of aryl methyl sites for hydroxylation is 1. The highest BCUT2D eigenvalue weighted by Crippen LogP contribution is 2.47. The molecular formula is C28H30N2O4S. The van der Waals surface area contributed by atoms with Crippen LogP contribution in [0.15, 0.2) is 30.5 Å². The maximum Gasteiger partial charge on any atom is 0.337 e. The molecule has 1 atom stereocenters. The summed E-state index contributed by atoms with van der Waals surface area (Å²) in [7, 11) is 0. The molecule has 182 valence electrons. The first kappa shape index (κ1) is 23.7. The smallest absolute Gasteiger partial charge is 0.337 e. The highest BCUT2D eigenvalue weighted by atomic mass is 32.1. The number of carbonyl (C=O) groups is 1. The van der Waals surface area contributed by atoms with Crippen LogP contribution in [0, 0.1) is 6.92 Å². The Hall–Kier alpha value is -3.03. The van der Waals surface area contributed by atoms with Gasteiger partial charge < -0.3 is 14.6 Å². The largest absolute Gasteiger partial charge is 0.493 e. The Balaban J connectivity index is 1.91. The van der Waals surface area contributed by atoms with Gasteiger partial charge in [0.15, 0.2) is 6.10 Å². The summed E-state index contributed by atoms with van der Waals surface area (Å²) in [5.41, 5.74) is 5.42. The molecular weight excluding hydrogens is 460 g/mol. The lowest BCUT2D eigenvalue weighted by Gasteiger charge is -2.28. The summed E-state index contributed by atoms with van der Waals surface area (Å²) >= 11 is 1.61. The van der Waals surface area contributed by atoms with E-state index in [0.29, 0.717) is 12.2 Å². The predicted octanol–water partition coefficient (Wildman–Crippen LogP) is 6.82. The van der Waals surface area contributed by atoms with Gasteiger partial charge in [0, 0.05) is 40.6 Å². The van der Waals surface area contributed by atoms with Crippen molar-refractivity contribution in [1.82, 2.24) is 9.97 Å². The molecule has 5 rings (SSSR count). The van der Waals surface area contributed by atoms with Crippen LogP contribution in [0.5, 0.6) is 5.75 Å². The van der Waals surface area contributed by atoms with E-state index in [1.54, 1.807) is 11.3 Å². The first-order valence-electron chi connectivity index (χ1n) is 11.9. The lowest BCUT2D eigenvalue weighted by molar-refractivity contribution is -0.160. The number of nitrogens with zero attached hydrogens (tertiary/aromatic N) is 2. The number of ether oxygens (including phenoxy) is 2. The van der Waals surface area contributed by atoms with Gasteiger partial charge in [0.1, 0.15) is 5.75 Å². The molecule has 0 amide bonds. The molecule has 2 aromatic heterocycles. The number of rotatable bonds is 5. The zero-order valence-corrected chi connectivity index (χ0v) is 21.7. The number of aromatic nitrogens is 2. The highest BCUT2D eigenvalue weighted by molar-refractivity contribution is 7.19. The maximum absolute atomic E-state index is 12.6. The van der Waals surface area contributed by atoms with Gasteiger partial charge in [-0.1, -0.05) is 13.8 Å². The molecule has 7 heteroatoms. The van der Waals surface area contributed by atoms with E-state index in [1.165, 1.54) is 5.56 Å². The van der Waals surface area contributed by atoms with Crippen LogP contribution in [0.25, 0.3) is 32.2 Å². The van der Waals surface area contributed by atoms with Gasteiger partial charge in [-0.25, -0.2) is 9.78 Å². The number of aliphatic carboxylic acids is 1. The zero-order chi connectivity index (χ0) is 25.1. The molecule has 0 spiro atoms. The fraction of sp³-hybridized carbons (Fsp3) is 0.393. The van der Waals surface area contributed by atoms with E-state index in [0.717, 1.165) is 55.0 Å². The molecule has 2 aromatic carbocycles. The fourth-order valence-corrected chi connectivity index (χ4v) is 5.89. The molecule has 0 aliphatic carbocycles. The van der Waals surface area contributed by atoms with Gasteiger partial charge in [0.05, 0.1) is 32.9 Å². The van der Waals surface area contributed by atoms with Gasteiger partial charge >= 0.3 is 5.97 Å². The lowest BCUT2D eigenvalue weighted by Crippen LogP contribution is -2.28. The Kier molecular flexibility index (Phi) is 5.80. The number of hydrogen-bond acceptors (Lipinski definition) is 6. The molecule has 1 aliphatic rings. The predicted molar refractivity (Wildman–Crippen MR) is 140 cm³/mol. The third kappa shape index (κ3) is 4.17. The second-order valence-electron chi connectivity index (χ2n) is 10.4. The minimum Gasteiger partial charge on any atom is -0.493 e. The van der Waals surface area contributed by atoms with E-state index >= 15 is 0 Å². The van der Waals surface area contributed by atoms with Crippen molar-refractivity contribution in [3.63, 3.8) is 0 Å². The van der Waals surface area contributed by atoms with Crippen LogP contribution in [0.2, 0.25) is 0 Å². The van der Waals surface area contributed by atoms with Crippen molar-refractivity contribution >= 4 is 38.4 Å². The quantitative estimate of drug-likeness (QED) is 0.331. The van der Waals surface area contributed by atoms with Crippen molar-refractivity contribution in [2.75, 3.05) is 6.61 Å². The number of thiazole rings is 1. The Morgan fingerprint density at radius 3 is 2.69 bits per heavy atom. The fourth-order valence-electron chi connectivity index (χ4n) is 4.77. The van der Waals surface area contributed by atoms with Crippen LogP contribution in [-0.4, -0.2) is 33.3 Å². The summed E-state index contributed by atoms with van der Waals surface area (Å²) in [6, 6.07) is 8.00. The van der Waals surface area contributed by atoms with E-state index < -0.39 is 17.7 Å². The number of hydrogen-bond donors (Lipinski definition) is 1. The van der Waals surface area contributed by atoms with Gasteiger partial charge in [0.2, 0.25) is 0 Å². The van der Waals surface area contributed by atoms with Gasteiger partial charge in [-0.15, -0.1) is 11.3 Å². The molecule has 35 heavy (non-hydrogen) atoms. The minimum absolute atomic E-state index is 0.257. The van der Waals surface area contributed by atoms with Crippen molar-refractivity contribution in [2.45, 2.75) is 65.6 Å². The van der Waals surface area contributed by atoms with Crippen molar-refractivity contribution in [1.29, 1.82) is 0 Å². The summed E-state index contributed by atoms with van der Waals surface area (Å²) in [4.78, 5) is 22.3. The number of carboxylic acids is 1. The SMILES string of the molecule is Cc1cc2nc(C(C)C)sc2c(-c2ccc3c4c(ccnc24)CCO3)c1C(OC(C)(C)C)C(=O)O. The summed E-state index contributed by atoms with van der Waals surface area (Å²) in [5.74, 6) is 0.0561. The van der Waals surface area contributed by atoms with Crippen LogP contribution in [0.1, 0.15) is 68.3 Å². The van der Waals surface area contributed by atoms with E-state index in [9.17, 15) is 9.90 Å². The summed E-state index contributed by atoms with van der Waals surface area (Å²) in [6.07, 6.45) is 1.50. The monoisotopic (exact) mass is 490 g/mol. The lowest BCUT2D eigenvalue weighted by atomic mass is 9.89. The third-order valence-corrected chi connectivity index (χ3v) is 7.62. The molecule has 6 nitrogen and oxygen atoms in total. The Morgan fingerprint density at radius 2 is 2.00 bits per heavy atom. The second kappa shape index (κ2) is 8.57. The number of benzene rings is 2. The summed E-state index contributed by atoms with van der Waals surface area (Å²) in [5, 5.41) is 12.3. The van der Waals surface area contributed by atoms with Gasteiger partial charge in [0.25, 0.3) is 0 Å². The maximum atomic E-state index is 12.6. The van der Waals surface area contributed by atoms with Crippen molar-refractivity contribution < 1.29 is 19.4 Å². The first-order chi connectivity index (χ1) is 16.5. The molecule has 3 heterocycles. The van der Waals surface area contributed by atoms with Crippen LogP contribution in [0.3, 0.4) is 0 Å². The molecule has 1 N–H and O–H groups in total. The molecule has 4 aromatic rings. The topological polar surface area (TPSA) is 81.5 Å². The van der Waals surface area contributed by atoms with Crippen molar-refractivity contribution in [2.24, 2.45) is 0 Å². The standard InChI is InChI=1S/C28H30N2O4S/c1-14(2)26-30-18-13-15(3)20(24(27(31)32)34-28(4,5)6)22(25(18)35-26)17-7-8-19-21-16(10-12-33-19)9-11-29-23(17)21/h7-9,11,13-14,24H,10,12H2,1-6H3,(H,31,32). The number of pyridine rings is 1. The minimum atomic E-state index is -1.14. The molecule has 0 fully saturated rings. The summed E-state index contributed by atoms with van der Waals surface area (Å²) < 4.78 is 13.1. The number of carboxylic acid groups (broad SMARTS) is 1. The van der Waals surface area contributed by atoms with Gasteiger partial charge in [-0.05, 0) is 63.1 Å². The van der Waals surface area contributed by atoms with Crippen molar-refractivity contribution in [3.05, 3.63) is 52.2 Å². The molecule has 0 saturated carbocycles. The van der Waals surface area contributed by atoms with E-state index in [-0.39, 0.29) is 5.92 Å². The van der Waals surface area contributed by atoms with E-state index in [4.69, 9.17) is 19.4 Å². The molecule has 1 aliphatic heterocycles. The number of fused-ring (bicyclic) bond motifs is 1. The van der Waals surface area contributed by atoms with Gasteiger partial charge in [-0.2, -0.15) is 0 Å². The second-order valence-corrected chi connectivity index (χ2v) is 11.4. The molecule has 1 unspecified atom stereocenters. The Morgan fingerprint density at radius 1 is 1.23 bits per heavy atom. The average Bonchev–Trinajstić information content (AvgIpc) is 3.21. The van der Waals surface area contributed by atoms with Crippen LogP contribution < -0.4 is 4.74 Å². The van der Waals surface area contributed by atoms with Crippen LogP contribution in [0.4, 0.5) is 0 Å². The molecule has 0 saturated heterocycles. The Labute approximate surface area is 208 Å². The highest BCUT2D eigenvalue weighted by Gasteiger charge is 2.33. The van der Waals surface area contributed by atoms with Crippen LogP contribution in [-0.2, 0) is 16.0 Å². The van der Waals surface area contributed by atoms with E-state index in [1.807, 2.05) is 58.2 Å². The van der Waals surface area contributed by atoms with Crippen molar-refractivity contribution in [3.8, 4) is 16.9 Å². The normalized spacial score (nSPS) is 14.5. The zero-order valence-electron chi connectivity index (χ0n) is 20.9. The van der Waals surface area contributed by atoms with E-state index in [2.05, 4.69) is 13.8 Å². The summed E-state index contributed by atoms with van der Waals surface area (Å²) in [6.45, 7) is 12.4. The van der Waals surface area contributed by atoms with Crippen LogP contribution >= 0.6 is 11.3 Å². The first-order valence-corrected chi connectivity index (χ1v) is 12.7. The van der Waals surface area contributed by atoms with Gasteiger partial charge in [-0.3, -0.25) is 4.98 Å².